The summed E-state index contributed by atoms with van der Waals surface area (Å²) in [5, 5.41) is 19.9. The molecule has 0 fully saturated rings. The largest absolute Gasteiger partial charge is 0.691 e. The van der Waals surface area contributed by atoms with Crippen LogP contribution in [-0.2, 0) is 0 Å². The number of benzene rings is 4. The number of para-hydroxylation sites is 2. The minimum Gasteiger partial charge on any atom is -0.691 e. The van der Waals surface area contributed by atoms with Gasteiger partial charge in [-0.05, 0) is 51.9 Å². The lowest BCUT2D eigenvalue weighted by Gasteiger charge is -2.07. The molecule has 26 heavy (non-hydrogen) atoms. The Bertz CT molecular complexity index is 1320. The molecule has 5 heteroatoms. The van der Waals surface area contributed by atoms with Gasteiger partial charge in [-0.15, -0.1) is 4.85 Å². The van der Waals surface area contributed by atoms with Crippen molar-refractivity contribution in [2.24, 2.45) is 0 Å². The third-order valence-corrected chi connectivity index (χ3v) is 4.74. The van der Waals surface area contributed by atoms with E-state index < -0.39 is 0 Å². The molecule has 5 aromatic rings. The van der Waals surface area contributed by atoms with Gasteiger partial charge in [0.1, 0.15) is 5.21 Å². The second-order valence-corrected chi connectivity index (χ2v) is 6.20. The molecular weight excluding hydrogens is 326 g/mol. The highest BCUT2D eigenvalue weighted by Gasteiger charge is 2.17. The Balaban J connectivity index is 1.85. The molecule has 124 valence electrons. The van der Waals surface area contributed by atoms with E-state index in [2.05, 4.69) is 11.3 Å². The number of hydrogen-bond acceptors (Lipinski definition) is 3. The Morgan fingerprint density at radius 1 is 0.885 bits per heavy atom. The van der Waals surface area contributed by atoms with Crippen LogP contribution in [0.5, 0.6) is 0 Å². The van der Waals surface area contributed by atoms with Crippen molar-refractivity contribution >= 4 is 38.9 Å². The first-order valence-electron chi connectivity index (χ1n) is 8.25. The number of fused-ring (bicyclic) bond motifs is 3. The molecule has 0 aliphatic heterocycles. The predicted octanol–water partition coefficient (Wildman–Crippen LogP) is 3.78. The van der Waals surface area contributed by atoms with Crippen molar-refractivity contribution in [1.29, 1.82) is 0 Å². The predicted molar refractivity (Wildman–Crippen MR) is 100 cm³/mol. The molecule has 0 saturated carbocycles. The van der Waals surface area contributed by atoms with E-state index in [1.165, 1.54) is 0 Å². The Morgan fingerprint density at radius 2 is 1.65 bits per heavy atom. The van der Waals surface area contributed by atoms with Gasteiger partial charge in [-0.25, -0.2) is 0 Å². The van der Waals surface area contributed by atoms with E-state index in [1.54, 1.807) is 16.8 Å². The number of hydrogen-bond donors (Lipinski definition) is 0. The zero-order valence-electron chi connectivity index (χ0n) is 13.7. The fourth-order valence-corrected chi connectivity index (χ4v) is 3.52. The fraction of sp³-hybridized carbons (Fsp3) is 0. The van der Waals surface area contributed by atoms with Gasteiger partial charge in [0.15, 0.2) is 12.0 Å². The van der Waals surface area contributed by atoms with Crippen molar-refractivity contribution in [3.05, 3.63) is 83.6 Å². The summed E-state index contributed by atoms with van der Waals surface area (Å²) in [6.45, 7) is 0. The van der Waals surface area contributed by atoms with Crippen molar-refractivity contribution in [2.45, 2.75) is 0 Å². The van der Waals surface area contributed by atoms with Crippen LogP contribution in [-0.4, -0.2) is 16.2 Å². The van der Waals surface area contributed by atoms with Crippen molar-refractivity contribution in [3.63, 3.8) is 0 Å². The first-order valence-corrected chi connectivity index (χ1v) is 8.25. The summed E-state index contributed by atoms with van der Waals surface area (Å²) in [7, 11) is 0. The maximum absolute atomic E-state index is 12.1. The molecule has 0 radical (unpaired) electrons. The summed E-state index contributed by atoms with van der Waals surface area (Å²) in [6.07, 6.45) is 0.892. The standard InChI is InChI=1S/C21H13N3O2/c25-13-19-17-6-2-1-5-14(17)11-15-9-10-16(12-18(15)19)23-20-7-3-4-8-21(20)24(26)22-23/h1-13H. The SMILES string of the molecule is O=Cc1c2ccccc2cc2ccc(-n3n[n+]([O-])c4ccccc43)cc12. The monoisotopic (exact) mass is 339 g/mol. The lowest BCUT2D eigenvalue weighted by atomic mass is 9.97. The summed E-state index contributed by atoms with van der Waals surface area (Å²) in [4.78, 5) is 12.4. The number of aldehydes is 1. The fourth-order valence-electron chi connectivity index (χ4n) is 3.52. The molecule has 0 aliphatic carbocycles. The van der Waals surface area contributed by atoms with Crippen molar-refractivity contribution < 1.29 is 9.64 Å². The Hall–Kier alpha value is -3.73. The van der Waals surface area contributed by atoms with E-state index in [0.717, 1.165) is 39.0 Å². The highest BCUT2D eigenvalue weighted by Crippen LogP contribution is 2.29. The van der Waals surface area contributed by atoms with Crippen LogP contribution >= 0.6 is 0 Å². The third-order valence-electron chi connectivity index (χ3n) is 4.74. The van der Waals surface area contributed by atoms with Gasteiger partial charge in [0, 0.05) is 5.56 Å². The van der Waals surface area contributed by atoms with Gasteiger partial charge >= 0.3 is 0 Å². The molecule has 0 saturated heterocycles. The second-order valence-electron chi connectivity index (χ2n) is 6.20. The minimum absolute atomic E-state index is 0.502. The normalized spacial score (nSPS) is 11.4. The van der Waals surface area contributed by atoms with Crippen molar-refractivity contribution in [1.82, 2.24) is 9.90 Å². The zero-order valence-corrected chi connectivity index (χ0v) is 13.7. The van der Waals surface area contributed by atoms with E-state index in [4.69, 9.17) is 0 Å². The summed E-state index contributed by atoms with van der Waals surface area (Å²) < 4.78 is 1.60. The van der Waals surface area contributed by atoms with Crippen LogP contribution in [0.1, 0.15) is 10.4 Å². The first-order chi connectivity index (χ1) is 12.8. The van der Waals surface area contributed by atoms with E-state index in [-0.39, 0.29) is 0 Å². The van der Waals surface area contributed by atoms with Gasteiger partial charge in [0.05, 0.1) is 0 Å². The van der Waals surface area contributed by atoms with Crippen LogP contribution in [0.3, 0.4) is 0 Å². The van der Waals surface area contributed by atoms with Crippen molar-refractivity contribution in [2.75, 3.05) is 0 Å². The number of carbonyl (C=O) groups excluding carboxylic acids is 1. The Labute approximate surface area is 148 Å². The zero-order chi connectivity index (χ0) is 17.7. The van der Waals surface area contributed by atoms with Crippen molar-refractivity contribution in [3.8, 4) is 5.69 Å². The maximum atomic E-state index is 12.1. The van der Waals surface area contributed by atoms with Crippen LogP contribution in [0, 0.1) is 5.21 Å². The van der Waals surface area contributed by atoms with Gasteiger partial charge in [-0.3, -0.25) is 4.79 Å². The first kappa shape index (κ1) is 14.6. The van der Waals surface area contributed by atoms with Gasteiger partial charge in [0.2, 0.25) is 11.0 Å². The average molecular weight is 339 g/mol. The Kier molecular flexibility index (Phi) is 3.03. The van der Waals surface area contributed by atoms with E-state index >= 15 is 0 Å². The summed E-state index contributed by atoms with van der Waals surface area (Å²) in [5.41, 5.74) is 2.60. The molecule has 4 aromatic carbocycles. The average Bonchev–Trinajstić information content (AvgIpc) is 3.03. The third kappa shape index (κ3) is 2.01. The van der Waals surface area contributed by atoms with Gasteiger partial charge < -0.3 is 5.21 Å². The molecule has 0 unspecified atom stereocenters. The highest BCUT2D eigenvalue weighted by molar-refractivity contribution is 6.12. The molecule has 0 amide bonds. The molecular formula is C21H13N3O2. The molecule has 0 aliphatic rings. The molecule has 5 rings (SSSR count). The Morgan fingerprint density at radius 3 is 2.54 bits per heavy atom. The van der Waals surface area contributed by atoms with Crippen LogP contribution in [0.2, 0.25) is 0 Å². The van der Waals surface area contributed by atoms with Crippen LogP contribution in [0.25, 0.3) is 38.3 Å². The number of rotatable bonds is 2. The highest BCUT2D eigenvalue weighted by atomic mass is 16.5. The summed E-state index contributed by atoms with van der Waals surface area (Å²) >= 11 is 0. The smallest absolute Gasteiger partial charge is 0.205 e. The van der Waals surface area contributed by atoms with E-state index in [1.807, 2.05) is 54.6 Å². The number of aromatic nitrogens is 3. The second kappa shape index (κ2) is 5.39. The lowest BCUT2D eigenvalue weighted by Crippen LogP contribution is -2.29. The topological polar surface area (TPSA) is 61.8 Å². The van der Waals surface area contributed by atoms with Crippen LogP contribution < -0.4 is 4.85 Å². The molecule has 1 aromatic heterocycles. The van der Waals surface area contributed by atoms with E-state index in [0.29, 0.717) is 15.9 Å². The van der Waals surface area contributed by atoms with Gasteiger partial charge in [-0.1, -0.05) is 47.1 Å². The van der Waals surface area contributed by atoms with Crippen LogP contribution in [0.15, 0.2) is 72.8 Å². The maximum Gasteiger partial charge on any atom is 0.205 e. The summed E-state index contributed by atoms with van der Waals surface area (Å²) in [6, 6.07) is 22.9. The van der Waals surface area contributed by atoms with Crippen LogP contribution in [0.4, 0.5) is 0 Å². The number of nitrogens with zero attached hydrogens (tertiary/aromatic N) is 3. The number of carbonyl (C=O) groups is 1. The molecule has 0 bridgehead atoms. The van der Waals surface area contributed by atoms with Gasteiger partial charge in [-0.2, -0.15) is 0 Å². The quantitative estimate of drug-likeness (QED) is 0.213. The molecule has 0 atom stereocenters. The minimum atomic E-state index is 0.502. The summed E-state index contributed by atoms with van der Waals surface area (Å²) in [5.74, 6) is 0. The lowest BCUT2D eigenvalue weighted by molar-refractivity contribution is -0.645. The van der Waals surface area contributed by atoms with Gasteiger partial charge in [0.25, 0.3) is 0 Å². The molecule has 0 N–H and O–H groups in total. The van der Waals surface area contributed by atoms with E-state index in [9.17, 15) is 10.0 Å². The molecule has 1 heterocycles. The molecule has 5 nitrogen and oxygen atoms in total. The molecule has 0 spiro atoms.